The summed E-state index contributed by atoms with van der Waals surface area (Å²) in [4.78, 5) is 15.7. The molecule has 0 amide bonds. The Morgan fingerprint density at radius 1 is 1.50 bits per heavy atom. The van der Waals surface area contributed by atoms with Gasteiger partial charge >= 0.3 is 5.97 Å². The SMILES string of the molecule is Cc1ncccc1-c1nnnn1CC1(C(=O)O)CCC1. The zero-order chi connectivity index (χ0) is 14.2. The number of aliphatic carboxylic acids is 1. The molecule has 7 nitrogen and oxygen atoms in total. The van der Waals surface area contributed by atoms with Gasteiger partial charge < -0.3 is 5.11 Å². The fraction of sp³-hybridized carbons (Fsp3) is 0.462. The minimum Gasteiger partial charge on any atom is -0.481 e. The Kier molecular flexibility index (Phi) is 2.96. The van der Waals surface area contributed by atoms with Crippen LogP contribution < -0.4 is 0 Å². The minimum atomic E-state index is -0.770. The molecule has 0 aromatic carbocycles. The van der Waals surface area contributed by atoms with E-state index in [0.29, 0.717) is 25.2 Å². The molecule has 3 rings (SSSR count). The van der Waals surface area contributed by atoms with E-state index in [4.69, 9.17) is 0 Å². The molecule has 2 aromatic heterocycles. The highest BCUT2D eigenvalue weighted by atomic mass is 16.4. The van der Waals surface area contributed by atoms with Crippen molar-refractivity contribution in [3.8, 4) is 11.4 Å². The van der Waals surface area contributed by atoms with Gasteiger partial charge in [-0.1, -0.05) is 6.42 Å². The second kappa shape index (κ2) is 4.66. The number of carboxylic acids is 1. The van der Waals surface area contributed by atoms with Gasteiger partial charge in [-0.3, -0.25) is 9.78 Å². The maximum Gasteiger partial charge on any atom is 0.311 e. The molecule has 1 aliphatic carbocycles. The Balaban J connectivity index is 1.95. The summed E-state index contributed by atoms with van der Waals surface area (Å²) in [5, 5.41) is 21.1. The number of aryl methyl sites for hydroxylation is 1. The summed E-state index contributed by atoms with van der Waals surface area (Å²) in [7, 11) is 0. The number of hydrogen-bond acceptors (Lipinski definition) is 5. The lowest BCUT2D eigenvalue weighted by Crippen LogP contribution is -2.42. The molecule has 104 valence electrons. The van der Waals surface area contributed by atoms with Crippen LogP contribution in [0.25, 0.3) is 11.4 Å². The zero-order valence-corrected chi connectivity index (χ0v) is 11.2. The Bertz CT molecular complexity index is 648. The molecule has 20 heavy (non-hydrogen) atoms. The molecule has 0 spiro atoms. The van der Waals surface area contributed by atoms with Gasteiger partial charge in [-0.25, -0.2) is 4.68 Å². The molecule has 1 saturated carbocycles. The summed E-state index contributed by atoms with van der Waals surface area (Å²) in [6.07, 6.45) is 3.99. The monoisotopic (exact) mass is 273 g/mol. The second-order valence-electron chi connectivity index (χ2n) is 5.24. The third kappa shape index (κ3) is 1.95. The van der Waals surface area contributed by atoms with E-state index >= 15 is 0 Å². The first-order chi connectivity index (χ1) is 9.62. The number of nitrogens with zero attached hydrogens (tertiary/aromatic N) is 5. The standard InChI is InChI=1S/C13H15N5O2/c1-9-10(4-2-7-14-9)11-15-16-17-18(11)8-13(12(19)20)5-3-6-13/h2,4,7H,3,5-6,8H2,1H3,(H,19,20). The van der Waals surface area contributed by atoms with E-state index in [9.17, 15) is 9.90 Å². The molecule has 0 unspecified atom stereocenters. The molecule has 0 bridgehead atoms. The summed E-state index contributed by atoms with van der Waals surface area (Å²) in [5.74, 6) is -0.198. The number of rotatable bonds is 4. The van der Waals surface area contributed by atoms with Crippen LogP contribution in [-0.4, -0.2) is 36.3 Å². The van der Waals surface area contributed by atoms with E-state index in [1.807, 2.05) is 19.1 Å². The number of pyridine rings is 1. The van der Waals surface area contributed by atoms with Crippen LogP contribution in [0.2, 0.25) is 0 Å². The number of carboxylic acid groups (broad SMARTS) is 1. The molecule has 1 fully saturated rings. The summed E-state index contributed by atoms with van der Waals surface area (Å²) < 4.78 is 1.58. The first-order valence-electron chi connectivity index (χ1n) is 6.54. The number of aromatic nitrogens is 5. The summed E-state index contributed by atoms with van der Waals surface area (Å²) in [5.41, 5.74) is 0.930. The molecular formula is C13H15N5O2. The predicted octanol–water partition coefficient (Wildman–Crippen LogP) is 1.30. The Labute approximate surface area is 115 Å². The van der Waals surface area contributed by atoms with E-state index in [0.717, 1.165) is 17.7 Å². The number of hydrogen-bond donors (Lipinski definition) is 1. The van der Waals surface area contributed by atoms with E-state index in [-0.39, 0.29) is 0 Å². The lowest BCUT2D eigenvalue weighted by molar-refractivity contribution is -0.156. The Morgan fingerprint density at radius 2 is 2.30 bits per heavy atom. The van der Waals surface area contributed by atoms with E-state index in [1.165, 1.54) is 0 Å². The highest BCUT2D eigenvalue weighted by molar-refractivity contribution is 5.75. The van der Waals surface area contributed by atoms with E-state index in [1.54, 1.807) is 10.9 Å². The average molecular weight is 273 g/mol. The quantitative estimate of drug-likeness (QED) is 0.902. The average Bonchev–Trinajstić information content (AvgIpc) is 2.81. The van der Waals surface area contributed by atoms with Gasteiger partial charge in [0.25, 0.3) is 0 Å². The molecule has 0 radical (unpaired) electrons. The third-order valence-corrected chi connectivity index (χ3v) is 4.00. The minimum absolute atomic E-state index is 0.305. The second-order valence-corrected chi connectivity index (χ2v) is 5.24. The highest BCUT2D eigenvalue weighted by Crippen LogP contribution is 2.43. The van der Waals surface area contributed by atoms with Crippen LogP contribution >= 0.6 is 0 Å². The molecule has 2 heterocycles. The van der Waals surface area contributed by atoms with Gasteiger partial charge in [-0.05, 0) is 42.3 Å². The largest absolute Gasteiger partial charge is 0.481 e. The van der Waals surface area contributed by atoms with Crippen molar-refractivity contribution in [3.63, 3.8) is 0 Å². The maximum absolute atomic E-state index is 11.5. The topological polar surface area (TPSA) is 93.8 Å². The van der Waals surface area contributed by atoms with Gasteiger partial charge in [0.05, 0.1) is 12.0 Å². The van der Waals surface area contributed by atoms with Crippen molar-refractivity contribution < 1.29 is 9.90 Å². The first-order valence-corrected chi connectivity index (χ1v) is 6.54. The first kappa shape index (κ1) is 12.7. The molecule has 2 aromatic rings. The van der Waals surface area contributed by atoms with Crippen molar-refractivity contribution in [3.05, 3.63) is 24.0 Å². The smallest absolute Gasteiger partial charge is 0.311 e. The van der Waals surface area contributed by atoms with Crippen LogP contribution in [0.3, 0.4) is 0 Å². The van der Waals surface area contributed by atoms with Gasteiger partial charge in [0, 0.05) is 17.5 Å². The zero-order valence-electron chi connectivity index (χ0n) is 11.2. The van der Waals surface area contributed by atoms with Crippen LogP contribution in [0.5, 0.6) is 0 Å². The molecule has 1 N–H and O–H groups in total. The maximum atomic E-state index is 11.5. The van der Waals surface area contributed by atoms with Crippen LogP contribution in [0, 0.1) is 12.3 Å². The number of carbonyl (C=O) groups is 1. The molecular weight excluding hydrogens is 258 g/mol. The summed E-state index contributed by atoms with van der Waals surface area (Å²) in [6, 6.07) is 3.70. The molecule has 0 aliphatic heterocycles. The fourth-order valence-corrected chi connectivity index (χ4v) is 2.55. The van der Waals surface area contributed by atoms with Crippen molar-refractivity contribution in [2.75, 3.05) is 0 Å². The van der Waals surface area contributed by atoms with E-state index in [2.05, 4.69) is 20.5 Å². The van der Waals surface area contributed by atoms with Crippen LogP contribution in [0.4, 0.5) is 0 Å². The van der Waals surface area contributed by atoms with Gasteiger partial charge in [0.1, 0.15) is 0 Å². The predicted molar refractivity (Wildman–Crippen MR) is 69.7 cm³/mol. The Hall–Kier alpha value is -2.31. The normalized spacial score (nSPS) is 16.6. The molecule has 7 heteroatoms. The van der Waals surface area contributed by atoms with Crippen molar-refractivity contribution in [1.29, 1.82) is 0 Å². The van der Waals surface area contributed by atoms with Gasteiger partial charge in [0.2, 0.25) is 0 Å². The Morgan fingerprint density at radius 3 is 2.90 bits per heavy atom. The van der Waals surface area contributed by atoms with Crippen molar-refractivity contribution in [2.24, 2.45) is 5.41 Å². The molecule has 0 atom stereocenters. The lowest BCUT2D eigenvalue weighted by Gasteiger charge is -2.37. The van der Waals surface area contributed by atoms with Gasteiger partial charge in [0.15, 0.2) is 5.82 Å². The third-order valence-electron chi connectivity index (χ3n) is 4.00. The molecule has 1 aliphatic rings. The summed E-state index contributed by atoms with van der Waals surface area (Å²) in [6.45, 7) is 2.18. The van der Waals surface area contributed by atoms with Crippen molar-refractivity contribution in [2.45, 2.75) is 32.7 Å². The van der Waals surface area contributed by atoms with Crippen molar-refractivity contribution in [1.82, 2.24) is 25.2 Å². The lowest BCUT2D eigenvalue weighted by atomic mass is 9.69. The van der Waals surface area contributed by atoms with Crippen LogP contribution in [0.15, 0.2) is 18.3 Å². The van der Waals surface area contributed by atoms with E-state index < -0.39 is 11.4 Å². The van der Waals surface area contributed by atoms with Gasteiger partial charge in [-0.15, -0.1) is 5.10 Å². The summed E-state index contributed by atoms with van der Waals surface area (Å²) >= 11 is 0. The van der Waals surface area contributed by atoms with Crippen molar-refractivity contribution >= 4 is 5.97 Å². The van der Waals surface area contributed by atoms with Crippen LogP contribution in [-0.2, 0) is 11.3 Å². The highest BCUT2D eigenvalue weighted by Gasteiger charge is 2.45. The molecule has 0 saturated heterocycles. The van der Waals surface area contributed by atoms with Gasteiger partial charge in [-0.2, -0.15) is 0 Å². The van der Waals surface area contributed by atoms with Crippen LogP contribution in [0.1, 0.15) is 25.0 Å². The fourth-order valence-electron chi connectivity index (χ4n) is 2.55. The number of tetrazole rings is 1.